The van der Waals surface area contributed by atoms with Gasteiger partial charge in [0, 0.05) is 16.5 Å². The SMILES string of the molecule is COc1ccc(C(=O)NNC(=O)c2oc3ccccc3c2COc2ccccc2)cc1. The van der Waals surface area contributed by atoms with Crippen molar-refractivity contribution in [2.24, 2.45) is 0 Å². The first-order chi connectivity index (χ1) is 15.2. The molecule has 4 aromatic rings. The van der Waals surface area contributed by atoms with Crippen molar-refractivity contribution < 1.29 is 23.5 Å². The lowest BCUT2D eigenvalue weighted by atomic mass is 10.1. The Morgan fingerprint density at radius 2 is 1.48 bits per heavy atom. The third kappa shape index (κ3) is 4.51. The normalized spacial score (nSPS) is 10.5. The highest BCUT2D eigenvalue weighted by Crippen LogP contribution is 2.27. The molecule has 0 radical (unpaired) electrons. The number of amides is 2. The van der Waals surface area contributed by atoms with Crippen molar-refractivity contribution in [1.82, 2.24) is 10.9 Å². The monoisotopic (exact) mass is 416 g/mol. The van der Waals surface area contributed by atoms with Crippen LogP contribution in [0.5, 0.6) is 11.5 Å². The van der Waals surface area contributed by atoms with E-state index in [-0.39, 0.29) is 12.4 Å². The molecule has 3 aromatic carbocycles. The van der Waals surface area contributed by atoms with Crippen molar-refractivity contribution in [3.63, 3.8) is 0 Å². The largest absolute Gasteiger partial charge is 0.497 e. The van der Waals surface area contributed by atoms with Crippen molar-refractivity contribution in [3.8, 4) is 11.5 Å². The number of nitrogens with one attached hydrogen (secondary N) is 2. The van der Waals surface area contributed by atoms with E-state index in [0.29, 0.717) is 28.2 Å². The summed E-state index contributed by atoms with van der Waals surface area (Å²) in [6.07, 6.45) is 0. The first-order valence-electron chi connectivity index (χ1n) is 9.58. The van der Waals surface area contributed by atoms with Crippen LogP contribution in [0.25, 0.3) is 11.0 Å². The van der Waals surface area contributed by atoms with E-state index in [9.17, 15) is 9.59 Å². The van der Waals surface area contributed by atoms with Crippen molar-refractivity contribution in [2.45, 2.75) is 6.61 Å². The number of hydrazine groups is 1. The molecule has 2 amide bonds. The molecule has 0 bridgehead atoms. The third-order valence-electron chi connectivity index (χ3n) is 4.67. The number of ether oxygens (including phenoxy) is 2. The van der Waals surface area contributed by atoms with Gasteiger partial charge in [-0.1, -0.05) is 36.4 Å². The zero-order valence-corrected chi connectivity index (χ0v) is 16.8. The fourth-order valence-corrected chi connectivity index (χ4v) is 3.08. The van der Waals surface area contributed by atoms with Gasteiger partial charge in [0.05, 0.1) is 7.11 Å². The Bertz CT molecular complexity index is 1200. The summed E-state index contributed by atoms with van der Waals surface area (Å²) in [4.78, 5) is 25.1. The molecule has 7 nitrogen and oxygen atoms in total. The zero-order chi connectivity index (χ0) is 21.6. The van der Waals surface area contributed by atoms with Crippen molar-refractivity contribution in [1.29, 1.82) is 0 Å². The number of carbonyl (C=O) groups is 2. The molecule has 4 rings (SSSR count). The Morgan fingerprint density at radius 1 is 0.806 bits per heavy atom. The Kier molecular flexibility index (Phi) is 5.84. The number of furan rings is 1. The van der Waals surface area contributed by atoms with Crippen LogP contribution in [0.2, 0.25) is 0 Å². The van der Waals surface area contributed by atoms with Gasteiger partial charge in [-0.15, -0.1) is 0 Å². The number of carbonyl (C=O) groups excluding carboxylic acids is 2. The highest BCUT2D eigenvalue weighted by Gasteiger charge is 2.21. The third-order valence-corrected chi connectivity index (χ3v) is 4.67. The lowest BCUT2D eigenvalue weighted by molar-refractivity contribution is 0.0830. The van der Waals surface area contributed by atoms with E-state index in [2.05, 4.69) is 10.9 Å². The Balaban J connectivity index is 1.50. The summed E-state index contributed by atoms with van der Waals surface area (Å²) in [6, 6.07) is 23.1. The van der Waals surface area contributed by atoms with Crippen molar-refractivity contribution in [3.05, 3.63) is 95.7 Å². The molecular formula is C24H20N2O5. The smallest absolute Gasteiger partial charge is 0.305 e. The molecule has 0 atom stereocenters. The minimum absolute atomic E-state index is 0.0761. The number of hydrogen-bond donors (Lipinski definition) is 2. The van der Waals surface area contributed by atoms with Crippen LogP contribution < -0.4 is 20.3 Å². The van der Waals surface area contributed by atoms with Gasteiger partial charge in [-0.3, -0.25) is 20.4 Å². The Morgan fingerprint density at radius 3 is 2.23 bits per heavy atom. The molecule has 0 aliphatic rings. The summed E-state index contributed by atoms with van der Waals surface area (Å²) in [6.45, 7) is 0.135. The van der Waals surface area contributed by atoms with Gasteiger partial charge >= 0.3 is 5.91 Å². The van der Waals surface area contributed by atoms with Crippen molar-refractivity contribution >= 4 is 22.8 Å². The van der Waals surface area contributed by atoms with Crippen LogP contribution in [0, 0.1) is 0 Å². The maximum atomic E-state index is 12.8. The molecule has 2 N–H and O–H groups in total. The van der Waals surface area contributed by atoms with Gasteiger partial charge < -0.3 is 13.9 Å². The molecule has 156 valence electrons. The van der Waals surface area contributed by atoms with Gasteiger partial charge in [0.15, 0.2) is 0 Å². The maximum Gasteiger partial charge on any atom is 0.305 e. The predicted octanol–water partition coefficient (Wildman–Crippen LogP) is 4.10. The number of hydrogen-bond acceptors (Lipinski definition) is 5. The zero-order valence-electron chi connectivity index (χ0n) is 16.8. The minimum atomic E-state index is -0.579. The van der Waals surface area contributed by atoms with E-state index in [1.165, 1.54) is 0 Å². The topological polar surface area (TPSA) is 89.8 Å². The van der Waals surface area contributed by atoms with E-state index in [1.807, 2.05) is 48.5 Å². The second kappa shape index (κ2) is 9.04. The molecule has 1 heterocycles. The van der Waals surface area contributed by atoms with Gasteiger partial charge in [-0.05, 0) is 42.5 Å². The van der Waals surface area contributed by atoms with Crippen LogP contribution in [0.1, 0.15) is 26.5 Å². The molecular weight excluding hydrogens is 396 g/mol. The molecule has 1 aromatic heterocycles. The summed E-state index contributed by atoms with van der Waals surface area (Å²) in [7, 11) is 1.54. The number of benzene rings is 3. The molecule has 0 fully saturated rings. The summed E-state index contributed by atoms with van der Waals surface area (Å²) >= 11 is 0. The van der Waals surface area contributed by atoms with E-state index >= 15 is 0 Å². The summed E-state index contributed by atoms with van der Waals surface area (Å²) in [5.74, 6) is 0.337. The van der Waals surface area contributed by atoms with Crippen LogP contribution in [0.4, 0.5) is 0 Å². The molecule has 0 saturated heterocycles. The van der Waals surface area contributed by atoms with E-state index in [1.54, 1.807) is 37.4 Å². The van der Waals surface area contributed by atoms with Crippen molar-refractivity contribution in [2.75, 3.05) is 7.11 Å². The fourth-order valence-electron chi connectivity index (χ4n) is 3.08. The molecule has 0 aliphatic heterocycles. The predicted molar refractivity (Wildman–Crippen MR) is 115 cm³/mol. The first kappa shape index (κ1) is 20.0. The summed E-state index contributed by atoms with van der Waals surface area (Å²) < 4.78 is 16.7. The highest BCUT2D eigenvalue weighted by molar-refractivity contribution is 6.01. The quantitative estimate of drug-likeness (QED) is 0.462. The standard InChI is InChI=1S/C24H20N2O5/c1-29-17-13-11-16(12-14-17)23(27)25-26-24(28)22-20(15-30-18-7-3-2-4-8-18)19-9-5-6-10-21(19)31-22/h2-14H,15H2,1H3,(H,25,27)(H,26,28). The van der Waals surface area contributed by atoms with Crippen LogP contribution in [0.3, 0.4) is 0 Å². The molecule has 0 spiro atoms. The highest BCUT2D eigenvalue weighted by atomic mass is 16.5. The number of para-hydroxylation sites is 2. The lowest BCUT2D eigenvalue weighted by Gasteiger charge is -2.09. The molecule has 7 heteroatoms. The molecule has 0 aliphatic carbocycles. The van der Waals surface area contributed by atoms with Gasteiger partial charge in [-0.25, -0.2) is 0 Å². The van der Waals surface area contributed by atoms with Gasteiger partial charge in [0.2, 0.25) is 5.76 Å². The van der Waals surface area contributed by atoms with Crippen LogP contribution in [0.15, 0.2) is 83.3 Å². The molecule has 0 unspecified atom stereocenters. The second-order valence-corrected chi connectivity index (χ2v) is 6.64. The van der Waals surface area contributed by atoms with Gasteiger partial charge in [0.25, 0.3) is 5.91 Å². The first-order valence-corrected chi connectivity index (χ1v) is 9.58. The lowest BCUT2D eigenvalue weighted by Crippen LogP contribution is -2.41. The average molecular weight is 416 g/mol. The van der Waals surface area contributed by atoms with Gasteiger partial charge in [-0.2, -0.15) is 0 Å². The minimum Gasteiger partial charge on any atom is -0.497 e. The number of fused-ring (bicyclic) bond motifs is 1. The average Bonchev–Trinajstić information content (AvgIpc) is 3.20. The van der Waals surface area contributed by atoms with Gasteiger partial charge in [0.1, 0.15) is 23.7 Å². The number of rotatable bonds is 6. The van der Waals surface area contributed by atoms with E-state index in [0.717, 1.165) is 5.39 Å². The molecule has 31 heavy (non-hydrogen) atoms. The fraction of sp³-hybridized carbons (Fsp3) is 0.0833. The van der Waals surface area contributed by atoms with Crippen LogP contribution >= 0.6 is 0 Å². The summed E-state index contributed by atoms with van der Waals surface area (Å²) in [5.41, 5.74) is 6.33. The van der Waals surface area contributed by atoms with Crippen LogP contribution in [-0.2, 0) is 6.61 Å². The molecule has 0 saturated carbocycles. The Hall–Kier alpha value is -4.26. The van der Waals surface area contributed by atoms with E-state index < -0.39 is 11.8 Å². The van der Waals surface area contributed by atoms with Crippen LogP contribution in [-0.4, -0.2) is 18.9 Å². The summed E-state index contributed by atoms with van der Waals surface area (Å²) in [5, 5.41) is 0.769. The maximum absolute atomic E-state index is 12.8. The second-order valence-electron chi connectivity index (χ2n) is 6.64. The number of methoxy groups -OCH3 is 1. The Labute approximate surface area is 178 Å². The van der Waals surface area contributed by atoms with E-state index in [4.69, 9.17) is 13.9 Å².